The molecule has 0 saturated heterocycles. The standard InChI is InChI=1S/C11H16N2O3S/c1-7-3-4-9(12)10(5-7)17(15,16)6-8(2)11(13)14/h3-5,8H,6,12H2,1-2H3,(H2,13,14). The largest absolute Gasteiger partial charge is 0.398 e. The molecule has 0 aliphatic rings. The van der Waals surface area contributed by atoms with Crippen LogP contribution < -0.4 is 11.5 Å². The number of anilines is 1. The molecule has 1 rings (SSSR count). The predicted molar refractivity (Wildman–Crippen MR) is 66.0 cm³/mol. The minimum atomic E-state index is -3.58. The van der Waals surface area contributed by atoms with Gasteiger partial charge in [0.2, 0.25) is 5.91 Å². The number of nitrogen functional groups attached to an aromatic ring is 1. The molecule has 0 radical (unpaired) electrons. The molecule has 0 aromatic heterocycles. The summed E-state index contributed by atoms with van der Waals surface area (Å²) in [5, 5.41) is 0. The minimum Gasteiger partial charge on any atom is -0.398 e. The molecule has 1 amide bonds. The van der Waals surface area contributed by atoms with Crippen molar-refractivity contribution >= 4 is 21.4 Å². The molecule has 4 N–H and O–H groups in total. The first kappa shape index (κ1) is 13.5. The van der Waals surface area contributed by atoms with Gasteiger partial charge in [-0.2, -0.15) is 0 Å². The molecule has 94 valence electrons. The van der Waals surface area contributed by atoms with Crippen LogP contribution in [-0.2, 0) is 14.6 Å². The number of rotatable bonds is 4. The number of hydrogen-bond acceptors (Lipinski definition) is 4. The lowest BCUT2D eigenvalue weighted by molar-refractivity contribution is -0.120. The second kappa shape index (κ2) is 4.75. The lowest BCUT2D eigenvalue weighted by Crippen LogP contribution is -2.27. The van der Waals surface area contributed by atoms with Crippen LogP contribution in [-0.4, -0.2) is 20.1 Å². The Balaban J connectivity index is 3.13. The van der Waals surface area contributed by atoms with E-state index in [4.69, 9.17) is 11.5 Å². The highest BCUT2D eigenvalue weighted by atomic mass is 32.2. The van der Waals surface area contributed by atoms with Gasteiger partial charge >= 0.3 is 0 Å². The van der Waals surface area contributed by atoms with E-state index in [2.05, 4.69) is 0 Å². The van der Waals surface area contributed by atoms with Crippen molar-refractivity contribution in [3.8, 4) is 0 Å². The average molecular weight is 256 g/mol. The van der Waals surface area contributed by atoms with Crippen LogP contribution in [0.2, 0.25) is 0 Å². The summed E-state index contributed by atoms with van der Waals surface area (Å²) in [5.41, 5.74) is 11.7. The molecule has 6 heteroatoms. The summed E-state index contributed by atoms with van der Waals surface area (Å²) in [4.78, 5) is 10.9. The minimum absolute atomic E-state index is 0.0607. The second-order valence-electron chi connectivity index (χ2n) is 4.13. The van der Waals surface area contributed by atoms with Crippen LogP contribution in [0.5, 0.6) is 0 Å². The van der Waals surface area contributed by atoms with Crippen LogP contribution in [0, 0.1) is 12.8 Å². The lowest BCUT2D eigenvalue weighted by Gasteiger charge is -2.11. The van der Waals surface area contributed by atoms with Crippen LogP contribution in [0.3, 0.4) is 0 Å². The molecule has 1 aromatic rings. The van der Waals surface area contributed by atoms with E-state index in [-0.39, 0.29) is 16.3 Å². The van der Waals surface area contributed by atoms with Gasteiger partial charge in [-0.05, 0) is 24.6 Å². The third-order valence-electron chi connectivity index (χ3n) is 2.46. The molecule has 1 aromatic carbocycles. The van der Waals surface area contributed by atoms with E-state index in [9.17, 15) is 13.2 Å². The molecule has 0 bridgehead atoms. The number of nitrogens with two attached hydrogens (primary N) is 2. The summed E-state index contributed by atoms with van der Waals surface area (Å²) in [5.74, 6) is -1.70. The Hall–Kier alpha value is -1.56. The number of amides is 1. The first-order valence-corrected chi connectivity index (χ1v) is 6.77. The number of sulfone groups is 1. The normalized spacial score (nSPS) is 13.3. The summed E-state index contributed by atoms with van der Waals surface area (Å²) >= 11 is 0. The van der Waals surface area contributed by atoms with E-state index < -0.39 is 21.7 Å². The van der Waals surface area contributed by atoms with Crippen molar-refractivity contribution in [3.05, 3.63) is 23.8 Å². The third kappa shape index (κ3) is 3.20. The number of carbonyl (C=O) groups is 1. The fourth-order valence-corrected chi connectivity index (χ4v) is 3.21. The summed E-state index contributed by atoms with van der Waals surface area (Å²) in [6.45, 7) is 3.25. The fourth-order valence-electron chi connectivity index (χ4n) is 1.41. The number of carbonyl (C=O) groups excluding carboxylic acids is 1. The summed E-state index contributed by atoms with van der Waals surface area (Å²) < 4.78 is 24.1. The zero-order valence-electron chi connectivity index (χ0n) is 9.80. The van der Waals surface area contributed by atoms with E-state index in [0.717, 1.165) is 5.56 Å². The van der Waals surface area contributed by atoms with Gasteiger partial charge in [-0.1, -0.05) is 13.0 Å². The van der Waals surface area contributed by atoms with Crippen LogP contribution in [0.25, 0.3) is 0 Å². The SMILES string of the molecule is Cc1ccc(N)c(S(=O)(=O)CC(C)C(N)=O)c1. The van der Waals surface area contributed by atoms with E-state index in [1.165, 1.54) is 19.1 Å². The molecule has 0 aliphatic carbocycles. The van der Waals surface area contributed by atoms with E-state index in [1.54, 1.807) is 13.0 Å². The second-order valence-corrected chi connectivity index (χ2v) is 6.13. The van der Waals surface area contributed by atoms with Gasteiger partial charge in [-0.3, -0.25) is 4.79 Å². The van der Waals surface area contributed by atoms with Crippen LogP contribution in [0.4, 0.5) is 5.69 Å². The van der Waals surface area contributed by atoms with Crippen molar-refractivity contribution in [1.29, 1.82) is 0 Å². The van der Waals surface area contributed by atoms with Crippen molar-refractivity contribution in [2.75, 3.05) is 11.5 Å². The van der Waals surface area contributed by atoms with Crippen molar-refractivity contribution in [1.82, 2.24) is 0 Å². The highest BCUT2D eigenvalue weighted by Crippen LogP contribution is 2.22. The first-order chi connectivity index (χ1) is 7.74. The zero-order chi connectivity index (χ0) is 13.2. The maximum absolute atomic E-state index is 12.0. The van der Waals surface area contributed by atoms with Gasteiger partial charge in [-0.25, -0.2) is 8.42 Å². The van der Waals surface area contributed by atoms with E-state index in [1.807, 2.05) is 0 Å². The molecule has 0 fully saturated rings. The van der Waals surface area contributed by atoms with Gasteiger partial charge in [0.15, 0.2) is 9.84 Å². The molecule has 17 heavy (non-hydrogen) atoms. The summed E-state index contributed by atoms with van der Waals surface area (Å²) in [6, 6.07) is 4.77. The Morgan fingerprint density at radius 3 is 2.53 bits per heavy atom. The molecule has 0 aliphatic heterocycles. The van der Waals surface area contributed by atoms with Crippen molar-refractivity contribution in [2.24, 2.45) is 11.7 Å². The number of benzene rings is 1. The maximum atomic E-state index is 12.0. The third-order valence-corrected chi connectivity index (χ3v) is 4.42. The summed E-state index contributed by atoms with van der Waals surface area (Å²) in [7, 11) is -3.58. The Morgan fingerprint density at radius 2 is 2.00 bits per heavy atom. The molecule has 0 heterocycles. The quantitative estimate of drug-likeness (QED) is 0.764. The number of primary amides is 1. The lowest BCUT2D eigenvalue weighted by atomic mass is 10.2. The van der Waals surface area contributed by atoms with Crippen LogP contribution >= 0.6 is 0 Å². The molecule has 0 saturated carbocycles. The van der Waals surface area contributed by atoms with Crippen LogP contribution in [0.15, 0.2) is 23.1 Å². The zero-order valence-corrected chi connectivity index (χ0v) is 10.6. The van der Waals surface area contributed by atoms with Crippen molar-refractivity contribution in [3.63, 3.8) is 0 Å². The molecular weight excluding hydrogens is 240 g/mol. The first-order valence-electron chi connectivity index (χ1n) is 5.12. The average Bonchev–Trinajstić information content (AvgIpc) is 2.20. The Bertz CT molecular complexity index is 538. The van der Waals surface area contributed by atoms with Crippen molar-refractivity contribution in [2.45, 2.75) is 18.7 Å². The monoisotopic (exact) mass is 256 g/mol. The maximum Gasteiger partial charge on any atom is 0.221 e. The molecule has 5 nitrogen and oxygen atoms in total. The highest BCUT2D eigenvalue weighted by molar-refractivity contribution is 7.91. The Labute approximate surface area is 101 Å². The Morgan fingerprint density at radius 1 is 1.41 bits per heavy atom. The molecule has 0 spiro atoms. The van der Waals surface area contributed by atoms with Crippen LogP contribution in [0.1, 0.15) is 12.5 Å². The van der Waals surface area contributed by atoms with Gasteiger partial charge in [0.05, 0.1) is 16.3 Å². The summed E-state index contributed by atoms with van der Waals surface area (Å²) in [6.07, 6.45) is 0. The Kier molecular flexibility index (Phi) is 3.77. The van der Waals surface area contributed by atoms with Crippen molar-refractivity contribution < 1.29 is 13.2 Å². The van der Waals surface area contributed by atoms with Gasteiger partial charge < -0.3 is 11.5 Å². The van der Waals surface area contributed by atoms with E-state index in [0.29, 0.717) is 0 Å². The topological polar surface area (TPSA) is 103 Å². The van der Waals surface area contributed by atoms with E-state index >= 15 is 0 Å². The molecular formula is C11H16N2O3S. The highest BCUT2D eigenvalue weighted by Gasteiger charge is 2.23. The molecule has 1 atom stereocenters. The van der Waals surface area contributed by atoms with Gasteiger partial charge in [-0.15, -0.1) is 0 Å². The number of aryl methyl sites for hydroxylation is 1. The van der Waals surface area contributed by atoms with Gasteiger partial charge in [0.1, 0.15) is 0 Å². The van der Waals surface area contributed by atoms with Gasteiger partial charge in [0, 0.05) is 5.92 Å². The molecule has 1 unspecified atom stereocenters. The fraction of sp³-hybridized carbons (Fsp3) is 0.364. The van der Waals surface area contributed by atoms with Gasteiger partial charge in [0.25, 0.3) is 0 Å². The number of hydrogen-bond donors (Lipinski definition) is 2. The smallest absolute Gasteiger partial charge is 0.221 e. The predicted octanol–water partition coefficient (Wildman–Crippen LogP) is 0.472.